The molecule has 7 heteroatoms. The zero-order chi connectivity index (χ0) is 18.7. The van der Waals surface area contributed by atoms with Crippen molar-refractivity contribution < 1.29 is 33.2 Å². The SMILES string of the molecule is C=CC1O[C@@H]2OC(C)(OC)OC2[C@H](OCc2ccccc2)[C@@H]1OC(C)=O. The summed E-state index contributed by atoms with van der Waals surface area (Å²) in [5, 5.41) is 0. The Morgan fingerprint density at radius 1 is 1.27 bits per heavy atom. The van der Waals surface area contributed by atoms with E-state index in [0.29, 0.717) is 6.61 Å². The van der Waals surface area contributed by atoms with Gasteiger partial charge in [-0.3, -0.25) is 9.53 Å². The summed E-state index contributed by atoms with van der Waals surface area (Å²) in [7, 11) is 1.48. The highest BCUT2D eigenvalue weighted by atomic mass is 16.9. The Hall–Kier alpha value is -1.77. The first-order valence-electron chi connectivity index (χ1n) is 8.47. The fourth-order valence-electron chi connectivity index (χ4n) is 3.11. The Labute approximate surface area is 152 Å². The first kappa shape index (κ1) is 19.0. The van der Waals surface area contributed by atoms with Gasteiger partial charge in [0.2, 0.25) is 0 Å². The van der Waals surface area contributed by atoms with E-state index in [1.807, 2.05) is 30.3 Å². The second-order valence-corrected chi connectivity index (χ2v) is 6.31. The first-order valence-corrected chi connectivity index (χ1v) is 8.47. The Kier molecular flexibility index (Phi) is 5.74. The van der Waals surface area contributed by atoms with Crippen LogP contribution in [0.4, 0.5) is 0 Å². The van der Waals surface area contributed by atoms with E-state index in [2.05, 4.69) is 6.58 Å². The molecule has 0 aliphatic carbocycles. The molecule has 2 heterocycles. The monoisotopic (exact) mass is 364 g/mol. The van der Waals surface area contributed by atoms with Crippen LogP contribution in [0.25, 0.3) is 0 Å². The van der Waals surface area contributed by atoms with Gasteiger partial charge >= 0.3 is 5.97 Å². The summed E-state index contributed by atoms with van der Waals surface area (Å²) in [4.78, 5) is 11.6. The van der Waals surface area contributed by atoms with Crippen LogP contribution in [-0.4, -0.2) is 49.8 Å². The highest BCUT2D eigenvalue weighted by Gasteiger charge is 2.57. The fourth-order valence-corrected chi connectivity index (χ4v) is 3.11. The smallest absolute Gasteiger partial charge is 0.303 e. The molecule has 1 aromatic carbocycles. The minimum atomic E-state index is -1.26. The lowest BCUT2D eigenvalue weighted by molar-refractivity contribution is -0.332. The van der Waals surface area contributed by atoms with Crippen molar-refractivity contribution in [1.82, 2.24) is 0 Å². The number of carbonyl (C=O) groups excluding carboxylic acids is 1. The number of carbonyl (C=O) groups is 1. The van der Waals surface area contributed by atoms with Gasteiger partial charge in [0.05, 0.1) is 6.61 Å². The zero-order valence-corrected chi connectivity index (χ0v) is 15.1. The van der Waals surface area contributed by atoms with Crippen LogP contribution >= 0.6 is 0 Å². The third kappa shape index (κ3) is 3.97. The highest BCUT2D eigenvalue weighted by Crippen LogP contribution is 2.39. The van der Waals surface area contributed by atoms with Crippen molar-refractivity contribution in [2.75, 3.05) is 7.11 Å². The minimum absolute atomic E-state index is 0.323. The lowest BCUT2D eigenvalue weighted by atomic mass is 9.98. The van der Waals surface area contributed by atoms with E-state index in [9.17, 15) is 4.79 Å². The Morgan fingerprint density at radius 2 is 2.00 bits per heavy atom. The van der Waals surface area contributed by atoms with E-state index in [1.54, 1.807) is 13.0 Å². The Balaban J connectivity index is 1.84. The third-order valence-electron chi connectivity index (χ3n) is 4.40. The van der Waals surface area contributed by atoms with Crippen LogP contribution in [0.3, 0.4) is 0 Å². The van der Waals surface area contributed by atoms with Crippen LogP contribution in [0.15, 0.2) is 43.0 Å². The van der Waals surface area contributed by atoms with E-state index < -0.39 is 42.6 Å². The van der Waals surface area contributed by atoms with Crippen LogP contribution in [-0.2, 0) is 39.8 Å². The maximum Gasteiger partial charge on any atom is 0.303 e. The van der Waals surface area contributed by atoms with Crippen molar-refractivity contribution in [3.8, 4) is 0 Å². The molecule has 26 heavy (non-hydrogen) atoms. The van der Waals surface area contributed by atoms with E-state index in [0.717, 1.165) is 5.56 Å². The van der Waals surface area contributed by atoms with Gasteiger partial charge in [-0.2, -0.15) is 0 Å². The standard InChI is InChI=1S/C19H24O7/c1-5-14-15(23-12(2)20)16(22-11-13-9-7-6-8-10-13)17-18(24-14)26-19(3,21-4)25-17/h5-10,14-18H,1,11H2,2-4H3/t14?,15-,16-,17?,18-,19?/m1/s1. The Bertz CT molecular complexity index is 634. The summed E-state index contributed by atoms with van der Waals surface area (Å²) in [5.74, 6) is -1.70. The van der Waals surface area contributed by atoms with E-state index in [1.165, 1.54) is 14.0 Å². The molecular formula is C19H24O7. The second kappa shape index (κ2) is 7.85. The number of rotatable bonds is 6. The normalized spacial score (nSPS) is 36.3. The van der Waals surface area contributed by atoms with Crippen molar-refractivity contribution in [3.63, 3.8) is 0 Å². The molecule has 0 bridgehead atoms. The van der Waals surface area contributed by atoms with Crippen LogP contribution in [0, 0.1) is 0 Å². The van der Waals surface area contributed by atoms with Crippen molar-refractivity contribution >= 4 is 5.97 Å². The zero-order valence-electron chi connectivity index (χ0n) is 15.1. The molecule has 7 nitrogen and oxygen atoms in total. The van der Waals surface area contributed by atoms with Crippen LogP contribution in [0.2, 0.25) is 0 Å². The molecule has 2 saturated heterocycles. The summed E-state index contributed by atoms with van der Waals surface area (Å²) in [5.41, 5.74) is 0.987. The number of methoxy groups -OCH3 is 1. The molecule has 3 unspecified atom stereocenters. The molecule has 0 amide bonds. The highest BCUT2D eigenvalue weighted by molar-refractivity contribution is 5.66. The van der Waals surface area contributed by atoms with Crippen LogP contribution < -0.4 is 0 Å². The predicted octanol–water partition coefficient (Wildman–Crippen LogP) is 2.15. The molecule has 0 spiro atoms. The van der Waals surface area contributed by atoms with Crippen molar-refractivity contribution in [1.29, 1.82) is 0 Å². The molecule has 0 radical (unpaired) electrons. The van der Waals surface area contributed by atoms with E-state index >= 15 is 0 Å². The average molecular weight is 364 g/mol. The average Bonchev–Trinajstić information content (AvgIpc) is 2.97. The van der Waals surface area contributed by atoms with E-state index in [-0.39, 0.29) is 0 Å². The van der Waals surface area contributed by atoms with Gasteiger partial charge in [0.25, 0.3) is 5.97 Å². The van der Waals surface area contributed by atoms with Gasteiger partial charge in [-0.1, -0.05) is 36.4 Å². The van der Waals surface area contributed by atoms with Gasteiger partial charge in [-0.05, 0) is 5.56 Å². The maximum atomic E-state index is 11.6. The number of hydrogen-bond donors (Lipinski definition) is 0. The first-order chi connectivity index (χ1) is 12.5. The van der Waals surface area contributed by atoms with E-state index in [4.69, 9.17) is 28.4 Å². The van der Waals surface area contributed by atoms with Crippen molar-refractivity contribution in [2.24, 2.45) is 0 Å². The van der Waals surface area contributed by atoms with Gasteiger partial charge in [0.1, 0.15) is 18.3 Å². The Morgan fingerprint density at radius 3 is 2.62 bits per heavy atom. The van der Waals surface area contributed by atoms with Crippen molar-refractivity contribution in [2.45, 2.75) is 57.1 Å². The quantitative estimate of drug-likeness (QED) is 0.566. The summed E-state index contributed by atoms with van der Waals surface area (Å²) in [6.45, 7) is 7.07. The number of benzene rings is 1. The maximum absolute atomic E-state index is 11.6. The number of hydrogen-bond acceptors (Lipinski definition) is 7. The third-order valence-corrected chi connectivity index (χ3v) is 4.40. The van der Waals surface area contributed by atoms with Gasteiger partial charge < -0.3 is 23.7 Å². The van der Waals surface area contributed by atoms with Crippen LogP contribution in [0.5, 0.6) is 0 Å². The van der Waals surface area contributed by atoms with Crippen molar-refractivity contribution in [3.05, 3.63) is 48.6 Å². The molecule has 0 aromatic heterocycles. The lowest BCUT2D eigenvalue weighted by Crippen LogP contribution is -2.58. The van der Waals surface area contributed by atoms with Gasteiger partial charge in [0, 0.05) is 21.0 Å². The molecule has 2 fully saturated rings. The molecule has 2 aliphatic rings. The molecular weight excluding hydrogens is 340 g/mol. The minimum Gasteiger partial charge on any atom is -0.457 e. The van der Waals surface area contributed by atoms with Gasteiger partial charge in [0.15, 0.2) is 12.4 Å². The molecule has 1 aromatic rings. The summed E-state index contributed by atoms with van der Waals surface area (Å²) in [6.07, 6.45) is -1.70. The largest absolute Gasteiger partial charge is 0.457 e. The predicted molar refractivity (Wildman–Crippen MR) is 90.8 cm³/mol. The molecule has 2 aliphatic heterocycles. The molecule has 3 rings (SSSR count). The number of esters is 1. The molecule has 0 saturated carbocycles. The summed E-state index contributed by atoms with van der Waals surface area (Å²) in [6, 6.07) is 9.70. The second-order valence-electron chi connectivity index (χ2n) is 6.31. The van der Waals surface area contributed by atoms with Gasteiger partial charge in [-0.15, -0.1) is 6.58 Å². The number of ether oxygens (including phenoxy) is 6. The molecule has 142 valence electrons. The van der Waals surface area contributed by atoms with Crippen LogP contribution in [0.1, 0.15) is 19.4 Å². The molecule has 6 atom stereocenters. The van der Waals surface area contributed by atoms with Gasteiger partial charge in [-0.25, -0.2) is 0 Å². The summed E-state index contributed by atoms with van der Waals surface area (Å²) < 4.78 is 34.3. The lowest BCUT2D eigenvalue weighted by Gasteiger charge is -2.40. The number of fused-ring (bicyclic) bond motifs is 1. The summed E-state index contributed by atoms with van der Waals surface area (Å²) >= 11 is 0. The molecule has 0 N–H and O–H groups in total. The topological polar surface area (TPSA) is 72.5 Å². The fraction of sp³-hybridized carbons (Fsp3) is 0.526.